The minimum Gasteiger partial charge on any atom is -0.480 e. The Bertz CT molecular complexity index is 525. The SMILES string of the molecule is Cc1ccsc1C1CC1C(=O)N1CCCC1C(=O)O. The zero-order valence-corrected chi connectivity index (χ0v) is 11.7. The van der Waals surface area contributed by atoms with Gasteiger partial charge in [-0.1, -0.05) is 0 Å². The molecule has 3 atom stereocenters. The van der Waals surface area contributed by atoms with Gasteiger partial charge in [0.15, 0.2) is 0 Å². The van der Waals surface area contributed by atoms with Gasteiger partial charge in [0.25, 0.3) is 0 Å². The molecule has 3 rings (SSSR count). The van der Waals surface area contributed by atoms with E-state index in [2.05, 4.69) is 18.4 Å². The highest BCUT2D eigenvalue weighted by atomic mass is 32.1. The van der Waals surface area contributed by atoms with Crippen LogP contribution in [0.5, 0.6) is 0 Å². The maximum Gasteiger partial charge on any atom is 0.326 e. The van der Waals surface area contributed by atoms with Crippen molar-refractivity contribution < 1.29 is 14.7 Å². The van der Waals surface area contributed by atoms with Gasteiger partial charge >= 0.3 is 5.97 Å². The second kappa shape index (κ2) is 4.63. The van der Waals surface area contributed by atoms with Gasteiger partial charge in [0.1, 0.15) is 6.04 Å². The number of nitrogens with zero attached hydrogens (tertiary/aromatic N) is 1. The molecular formula is C14H17NO3S. The first-order chi connectivity index (χ1) is 9.09. The molecule has 1 N–H and O–H groups in total. The number of hydrogen-bond donors (Lipinski definition) is 1. The Morgan fingerprint density at radius 3 is 2.89 bits per heavy atom. The second-order valence-corrected chi connectivity index (χ2v) is 6.39. The van der Waals surface area contributed by atoms with Gasteiger partial charge in [-0.3, -0.25) is 4.79 Å². The van der Waals surface area contributed by atoms with Crippen LogP contribution in [0.15, 0.2) is 11.4 Å². The van der Waals surface area contributed by atoms with Crippen molar-refractivity contribution in [1.29, 1.82) is 0 Å². The van der Waals surface area contributed by atoms with Gasteiger partial charge in [-0.05, 0) is 43.2 Å². The van der Waals surface area contributed by atoms with E-state index >= 15 is 0 Å². The minimum absolute atomic E-state index is 0.0114. The normalized spacial score (nSPS) is 29.5. The molecule has 2 fully saturated rings. The van der Waals surface area contributed by atoms with Crippen LogP contribution in [0.4, 0.5) is 0 Å². The molecule has 1 amide bonds. The molecule has 1 aliphatic heterocycles. The maximum absolute atomic E-state index is 12.4. The predicted molar refractivity (Wildman–Crippen MR) is 72.3 cm³/mol. The quantitative estimate of drug-likeness (QED) is 0.923. The lowest BCUT2D eigenvalue weighted by Gasteiger charge is -2.21. The van der Waals surface area contributed by atoms with Crippen LogP contribution in [0, 0.1) is 12.8 Å². The van der Waals surface area contributed by atoms with Crippen molar-refractivity contribution >= 4 is 23.2 Å². The molecule has 4 nitrogen and oxygen atoms in total. The average Bonchev–Trinajstić information content (AvgIpc) is 2.82. The third-order valence-electron chi connectivity index (χ3n) is 4.17. The van der Waals surface area contributed by atoms with Crippen LogP contribution in [-0.4, -0.2) is 34.5 Å². The molecule has 0 spiro atoms. The summed E-state index contributed by atoms with van der Waals surface area (Å²) in [5.41, 5.74) is 1.25. The van der Waals surface area contributed by atoms with Crippen molar-refractivity contribution in [2.24, 2.45) is 5.92 Å². The van der Waals surface area contributed by atoms with Gasteiger partial charge in [-0.2, -0.15) is 0 Å². The van der Waals surface area contributed by atoms with Gasteiger partial charge in [0, 0.05) is 23.3 Å². The number of aliphatic carboxylic acids is 1. The number of aryl methyl sites for hydroxylation is 1. The number of carbonyl (C=O) groups is 2. The van der Waals surface area contributed by atoms with Gasteiger partial charge < -0.3 is 10.0 Å². The largest absolute Gasteiger partial charge is 0.480 e. The Morgan fingerprint density at radius 2 is 2.26 bits per heavy atom. The lowest BCUT2D eigenvalue weighted by molar-refractivity contribution is -0.148. The summed E-state index contributed by atoms with van der Waals surface area (Å²) >= 11 is 1.70. The highest BCUT2D eigenvalue weighted by molar-refractivity contribution is 7.10. The second-order valence-electron chi connectivity index (χ2n) is 5.44. The number of thiophene rings is 1. The molecule has 1 aromatic heterocycles. The highest BCUT2D eigenvalue weighted by Gasteiger charge is 2.49. The molecule has 2 heterocycles. The van der Waals surface area contributed by atoms with E-state index in [0.717, 1.165) is 12.8 Å². The highest BCUT2D eigenvalue weighted by Crippen LogP contribution is 2.51. The van der Waals surface area contributed by atoms with Crippen molar-refractivity contribution in [3.05, 3.63) is 21.9 Å². The summed E-state index contributed by atoms with van der Waals surface area (Å²) in [5, 5.41) is 11.2. The number of carboxylic acid groups (broad SMARTS) is 1. The number of likely N-dealkylation sites (tertiary alicyclic amines) is 1. The summed E-state index contributed by atoms with van der Waals surface area (Å²) < 4.78 is 0. The van der Waals surface area contributed by atoms with Gasteiger partial charge in [-0.25, -0.2) is 4.79 Å². The van der Waals surface area contributed by atoms with Crippen LogP contribution < -0.4 is 0 Å². The zero-order chi connectivity index (χ0) is 13.6. The molecule has 0 bridgehead atoms. The molecular weight excluding hydrogens is 262 g/mol. The molecule has 5 heteroatoms. The smallest absolute Gasteiger partial charge is 0.326 e. The fraction of sp³-hybridized carbons (Fsp3) is 0.571. The first-order valence-corrected chi connectivity index (χ1v) is 7.55. The lowest BCUT2D eigenvalue weighted by Crippen LogP contribution is -2.41. The van der Waals surface area contributed by atoms with E-state index in [-0.39, 0.29) is 11.8 Å². The average molecular weight is 279 g/mol. The summed E-state index contributed by atoms with van der Waals surface area (Å²) in [6.07, 6.45) is 2.28. The van der Waals surface area contributed by atoms with Gasteiger partial charge in [0.05, 0.1) is 0 Å². The Balaban J connectivity index is 1.70. The molecule has 1 aromatic rings. The van der Waals surface area contributed by atoms with Crippen LogP contribution in [0.2, 0.25) is 0 Å². The van der Waals surface area contributed by atoms with E-state index in [0.29, 0.717) is 18.9 Å². The monoisotopic (exact) mass is 279 g/mol. The fourth-order valence-corrected chi connectivity index (χ4v) is 4.13. The van der Waals surface area contributed by atoms with E-state index in [1.807, 2.05) is 0 Å². The molecule has 1 aliphatic carbocycles. The molecule has 102 valence electrons. The number of carboxylic acids is 1. The Hall–Kier alpha value is -1.36. The van der Waals surface area contributed by atoms with E-state index in [1.165, 1.54) is 10.4 Å². The van der Waals surface area contributed by atoms with Crippen molar-refractivity contribution in [1.82, 2.24) is 4.90 Å². The minimum atomic E-state index is -0.865. The summed E-state index contributed by atoms with van der Waals surface area (Å²) in [6, 6.07) is 1.48. The molecule has 0 aromatic carbocycles. The van der Waals surface area contributed by atoms with Crippen LogP contribution in [0.3, 0.4) is 0 Å². The third-order valence-corrected chi connectivity index (χ3v) is 5.32. The van der Waals surface area contributed by atoms with Gasteiger partial charge in [-0.15, -0.1) is 11.3 Å². The van der Waals surface area contributed by atoms with E-state index < -0.39 is 12.0 Å². The first-order valence-electron chi connectivity index (χ1n) is 6.67. The standard InChI is InChI=1S/C14H17NO3S/c1-8-4-6-19-12(8)9-7-10(9)13(16)15-5-2-3-11(15)14(17)18/h4,6,9-11H,2-3,5,7H2,1H3,(H,17,18). The molecule has 1 saturated carbocycles. The molecule has 0 radical (unpaired) electrons. The predicted octanol–water partition coefficient (Wildman–Crippen LogP) is 2.24. The maximum atomic E-state index is 12.4. The summed E-state index contributed by atoms with van der Waals surface area (Å²) in [6.45, 7) is 2.67. The third kappa shape index (κ3) is 2.16. The van der Waals surface area contributed by atoms with Crippen LogP contribution in [0.25, 0.3) is 0 Å². The number of rotatable bonds is 3. The first kappa shape index (κ1) is 12.7. The summed E-state index contributed by atoms with van der Waals surface area (Å²) in [5.74, 6) is -0.488. The lowest BCUT2D eigenvalue weighted by atomic mass is 10.1. The molecule has 1 saturated heterocycles. The Kier molecular flexibility index (Phi) is 3.09. The fourth-order valence-electron chi connectivity index (χ4n) is 3.02. The van der Waals surface area contributed by atoms with Crippen molar-refractivity contribution in [3.63, 3.8) is 0 Å². The number of hydrogen-bond acceptors (Lipinski definition) is 3. The Morgan fingerprint density at radius 1 is 1.47 bits per heavy atom. The van der Waals surface area contributed by atoms with E-state index in [4.69, 9.17) is 5.11 Å². The zero-order valence-electron chi connectivity index (χ0n) is 10.8. The topological polar surface area (TPSA) is 57.6 Å². The molecule has 3 unspecified atom stereocenters. The van der Waals surface area contributed by atoms with Crippen molar-refractivity contribution in [2.45, 2.75) is 38.1 Å². The number of amides is 1. The van der Waals surface area contributed by atoms with Crippen molar-refractivity contribution in [3.8, 4) is 0 Å². The molecule has 2 aliphatic rings. The Labute approximate surface area is 116 Å². The van der Waals surface area contributed by atoms with Gasteiger partial charge in [0.2, 0.25) is 5.91 Å². The van der Waals surface area contributed by atoms with E-state index in [9.17, 15) is 9.59 Å². The summed E-state index contributed by atoms with van der Waals surface area (Å²) in [4.78, 5) is 26.4. The van der Waals surface area contributed by atoms with Crippen LogP contribution in [0.1, 0.15) is 35.6 Å². The van der Waals surface area contributed by atoms with Crippen molar-refractivity contribution in [2.75, 3.05) is 6.54 Å². The molecule has 19 heavy (non-hydrogen) atoms. The summed E-state index contributed by atoms with van der Waals surface area (Å²) in [7, 11) is 0. The van der Waals surface area contributed by atoms with Crippen LogP contribution in [-0.2, 0) is 9.59 Å². The van der Waals surface area contributed by atoms with Crippen LogP contribution >= 0.6 is 11.3 Å². The number of carbonyl (C=O) groups excluding carboxylic acids is 1. The van der Waals surface area contributed by atoms with E-state index in [1.54, 1.807) is 16.2 Å².